The molecule has 0 heterocycles. The molecule has 4 nitrogen and oxygen atoms in total. The number of allylic oxidation sites excluding steroid dienone is 2. The van der Waals surface area contributed by atoms with Gasteiger partial charge < -0.3 is 16.4 Å². The second-order valence-electron chi connectivity index (χ2n) is 12.8. The SMILES string of the molecule is CCCCCCCC/C=C\CCCCCCCCN(CCCCCCCCCCCCCCCC)C(=O)CC(N)N.Cl.Cl.Cl. The Hall–Kier alpha value is -0.000000000000000111. The Balaban J connectivity index is -0.00000267. The second kappa shape index (κ2) is 43.0. The van der Waals surface area contributed by atoms with Crippen molar-refractivity contribution < 1.29 is 4.79 Å². The normalized spacial score (nSPS) is 10.9. The summed E-state index contributed by atoms with van der Waals surface area (Å²) in [6.07, 6.45) is 41.9. The molecular formula is C37H78Cl3N3O. The van der Waals surface area contributed by atoms with Crippen LogP contribution in [0.25, 0.3) is 0 Å². The Morgan fingerprint density at radius 3 is 1.05 bits per heavy atom. The minimum absolute atomic E-state index is 0. The fraction of sp³-hybridized carbons (Fsp3) is 0.919. The average molecular weight is 687 g/mol. The summed E-state index contributed by atoms with van der Waals surface area (Å²) in [5.74, 6) is 0.141. The summed E-state index contributed by atoms with van der Waals surface area (Å²) in [4.78, 5) is 14.7. The Morgan fingerprint density at radius 1 is 0.477 bits per heavy atom. The van der Waals surface area contributed by atoms with Crippen molar-refractivity contribution in [1.82, 2.24) is 4.90 Å². The molecule has 0 aromatic heterocycles. The summed E-state index contributed by atoms with van der Waals surface area (Å²) in [6, 6.07) is 0. The summed E-state index contributed by atoms with van der Waals surface area (Å²) >= 11 is 0. The first-order valence-corrected chi connectivity index (χ1v) is 18.6. The fourth-order valence-electron chi connectivity index (χ4n) is 5.74. The number of amides is 1. The van der Waals surface area contributed by atoms with Gasteiger partial charge >= 0.3 is 0 Å². The van der Waals surface area contributed by atoms with E-state index < -0.39 is 6.17 Å². The van der Waals surface area contributed by atoms with Crippen LogP contribution in [0.15, 0.2) is 12.2 Å². The molecule has 0 unspecified atom stereocenters. The van der Waals surface area contributed by atoms with Gasteiger partial charge in [0.1, 0.15) is 0 Å². The van der Waals surface area contributed by atoms with Crippen LogP contribution in [0.5, 0.6) is 0 Å². The van der Waals surface area contributed by atoms with Gasteiger partial charge in [0.05, 0.1) is 12.6 Å². The number of carbonyl (C=O) groups is 1. The molecule has 0 atom stereocenters. The molecule has 0 aliphatic carbocycles. The predicted molar refractivity (Wildman–Crippen MR) is 205 cm³/mol. The zero-order chi connectivity index (χ0) is 30.1. The van der Waals surface area contributed by atoms with E-state index in [9.17, 15) is 4.79 Å². The van der Waals surface area contributed by atoms with E-state index in [-0.39, 0.29) is 49.5 Å². The fourth-order valence-corrected chi connectivity index (χ4v) is 5.74. The van der Waals surface area contributed by atoms with Gasteiger partial charge in [0, 0.05) is 13.1 Å². The van der Waals surface area contributed by atoms with Gasteiger partial charge in [-0.05, 0) is 38.5 Å². The molecule has 4 N–H and O–H groups in total. The van der Waals surface area contributed by atoms with Crippen LogP contribution in [0.2, 0.25) is 0 Å². The highest BCUT2D eigenvalue weighted by atomic mass is 35.5. The van der Waals surface area contributed by atoms with E-state index >= 15 is 0 Å². The molecule has 0 rings (SSSR count). The van der Waals surface area contributed by atoms with E-state index in [1.54, 1.807) is 0 Å². The number of halogens is 3. The monoisotopic (exact) mass is 686 g/mol. The maximum atomic E-state index is 12.7. The second-order valence-corrected chi connectivity index (χ2v) is 12.8. The molecule has 0 aliphatic rings. The van der Waals surface area contributed by atoms with E-state index in [4.69, 9.17) is 11.5 Å². The molecule has 0 fully saturated rings. The van der Waals surface area contributed by atoms with Gasteiger partial charge in [0.15, 0.2) is 0 Å². The number of hydrogen-bond acceptors (Lipinski definition) is 3. The molecule has 0 aromatic carbocycles. The van der Waals surface area contributed by atoms with Crippen LogP contribution < -0.4 is 11.5 Å². The molecule has 44 heavy (non-hydrogen) atoms. The molecule has 0 saturated carbocycles. The average Bonchev–Trinajstić information content (AvgIpc) is 2.95. The van der Waals surface area contributed by atoms with E-state index in [2.05, 4.69) is 26.0 Å². The van der Waals surface area contributed by atoms with Crippen LogP contribution in [0.4, 0.5) is 0 Å². The Kier molecular flexibility index (Phi) is 49.7. The Morgan fingerprint density at radius 2 is 0.750 bits per heavy atom. The standard InChI is InChI=1S/C37H75N3O.3ClH/c1-3-5-7-9-11-13-15-17-19-20-22-24-26-28-30-32-34-40(37(41)35-36(38)39)33-31-29-27-25-23-21-18-16-14-12-10-8-6-4-2;;;/h17,19,36H,3-16,18,20-35,38-39H2,1-2H3;3*1H/b19-17-;;;. The summed E-state index contributed by atoms with van der Waals surface area (Å²) in [5, 5.41) is 0. The number of carbonyl (C=O) groups excluding carboxylic acids is 1. The third kappa shape index (κ3) is 40.0. The third-order valence-corrected chi connectivity index (χ3v) is 8.48. The summed E-state index contributed by atoms with van der Waals surface area (Å²) in [5.41, 5.74) is 11.5. The van der Waals surface area contributed by atoms with Gasteiger partial charge in [-0.25, -0.2) is 0 Å². The first-order chi connectivity index (χ1) is 20.1. The lowest BCUT2D eigenvalue weighted by Crippen LogP contribution is -2.40. The molecule has 0 spiro atoms. The van der Waals surface area contributed by atoms with E-state index in [1.165, 1.54) is 167 Å². The molecule has 0 radical (unpaired) electrons. The van der Waals surface area contributed by atoms with Crippen LogP contribution >= 0.6 is 37.2 Å². The van der Waals surface area contributed by atoms with Crippen LogP contribution in [0.3, 0.4) is 0 Å². The van der Waals surface area contributed by atoms with Crippen molar-refractivity contribution in [1.29, 1.82) is 0 Å². The molecule has 0 saturated heterocycles. The van der Waals surface area contributed by atoms with E-state index in [0.717, 1.165) is 25.9 Å². The summed E-state index contributed by atoms with van der Waals surface area (Å²) in [6.45, 7) is 6.30. The summed E-state index contributed by atoms with van der Waals surface area (Å²) in [7, 11) is 0. The molecule has 1 amide bonds. The van der Waals surface area contributed by atoms with Gasteiger partial charge in [-0.15, -0.1) is 37.2 Å². The quantitative estimate of drug-likeness (QED) is 0.0410. The highest BCUT2D eigenvalue weighted by Gasteiger charge is 2.14. The van der Waals surface area contributed by atoms with Gasteiger partial charge in [-0.3, -0.25) is 4.79 Å². The number of nitrogens with zero attached hydrogens (tertiary/aromatic N) is 1. The molecule has 7 heteroatoms. The smallest absolute Gasteiger partial charge is 0.225 e. The first-order valence-electron chi connectivity index (χ1n) is 18.6. The van der Waals surface area contributed by atoms with Gasteiger partial charge in [-0.2, -0.15) is 0 Å². The highest BCUT2D eigenvalue weighted by Crippen LogP contribution is 2.14. The number of unbranched alkanes of at least 4 members (excludes halogenated alkanes) is 25. The molecular weight excluding hydrogens is 609 g/mol. The minimum atomic E-state index is -0.541. The van der Waals surface area contributed by atoms with E-state index in [0.29, 0.717) is 0 Å². The first kappa shape index (κ1) is 50.8. The van der Waals surface area contributed by atoms with Crippen LogP contribution in [0.1, 0.15) is 200 Å². The lowest BCUT2D eigenvalue weighted by atomic mass is 10.0. The van der Waals surface area contributed by atoms with Crippen LogP contribution in [-0.4, -0.2) is 30.1 Å². The van der Waals surface area contributed by atoms with Crippen LogP contribution in [-0.2, 0) is 4.79 Å². The molecule has 0 bridgehead atoms. The lowest BCUT2D eigenvalue weighted by molar-refractivity contribution is -0.131. The number of nitrogens with two attached hydrogens (primary N) is 2. The van der Waals surface area contributed by atoms with Crippen molar-refractivity contribution in [2.45, 2.75) is 206 Å². The van der Waals surface area contributed by atoms with Crippen molar-refractivity contribution in [2.24, 2.45) is 11.5 Å². The molecule has 268 valence electrons. The maximum Gasteiger partial charge on any atom is 0.225 e. The lowest BCUT2D eigenvalue weighted by Gasteiger charge is -2.23. The minimum Gasteiger partial charge on any atom is -0.343 e. The van der Waals surface area contributed by atoms with Crippen molar-refractivity contribution in [3.05, 3.63) is 12.2 Å². The van der Waals surface area contributed by atoms with Gasteiger partial charge in [0.2, 0.25) is 5.91 Å². The number of rotatable bonds is 33. The Labute approximate surface area is 294 Å². The van der Waals surface area contributed by atoms with Crippen LogP contribution in [0, 0.1) is 0 Å². The third-order valence-electron chi connectivity index (χ3n) is 8.48. The number of hydrogen-bond donors (Lipinski definition) is 2. The maximum absolute atomic E-state index is 12.7. The zero-order valence-corrected chi connectivity index (χ0v) is 31.8. The van der Waals surface area contributed by atoms with E-state index in [1.807, 2.05) is 4.90 Å². The van der Waals surface area contributed by atoms with Crippen molar-refractivity contribution in [3.8, 4) is 0 Å². The predicted octanol–water partition coefficient (Wildman–Crippen LogP) is 12.2. The van der Waals surface area contributed by atoms with Crippen molar-refractivity contribution >= 4 is 43.1 Å². The highest BCUT2D eigenvalue weighted by molar-refractivity contribution is 5.86. The molecule has 0 aliphatic heterocycles. The largest absolute Gasteiger partial charge is 0.343 e. The molecule has 0 aromatic rings. The van der Waals surface area contributed by atoms with Gasteiger partial charge in [-0.1, -0.05) is 167 Å². The Bertz CT molecular complexity index is 564. The van der Waals surface area contributed by atoms with Gasteiger partial charge in [0.25, 0.3) is 0 Å². The van der Waals surface area contributed by atoms with Crippen molar-refractivity contribution in [3.63, 3.8) is 0 Å². The van der Waals surface area contributed by atoms with Crippen molar-refractivity contribution in [2.75, 3.05) is 13.1 Å². The summed E-state index contributed by atoms with van der Waals surface area (Å²) < 4.78 is 0. The zero-order valence-electron chi connectivity index (χ0n) is 29.4. The topological polar surface area (TPSA) is 72.3 Å².